The fraction of sp³-hybridized carbons (Fsp3) is 0.500. The molecule has 0 aliphatic heterocycles. The van der Waals surface area contributed by atoms with E-state index in [1.54, 1.807) is 0 Å². The summed E-state index contributed by atoms with van der Waals surface area (Å²) in [6.07, 6.45) is 1.03. The van der Waals surface area contributed by atoms with Gasteiger partial charge in [0.05, 0.1) is 6.61 Å². The molecule has 0 spiro atoms. The lowest BCUT2D eigenvalue weighted by atomic mass is 9.87. The second-order valence-corrected chi connectivity index (χ2v) is 4.32. The van der Waals surface area contributed by atoms with Crippen LogP contribution in [0.4, 0.5) is 0 Å². The van der Waals surface area contributed by atoms with E-state index >= 15 is 0 Å². The van der Waals surface area contributed by atoms with Crippen molar-refractivity contribution in [2.45, 2.75) is 40.0 Å². The smallest absolute Gasteiger partial charge is 0.0534 e. The molecule has 0 fully saturated rings. The maximum atomic E-state index is 9.20. The molecule has 1 radical (unpaired) electrons. The Morgan fingerprint density at radius 3 is 2.47 bits per heavy atom. The summed E-state index contributed by atoms with van der Waals surface area (Å²) in [4.78, 5) is 0. The summed E-state index contributed by atoms with van der Waals surface area (Å²) in [6, 6.07) is 6.39. The molecule has 1 aromatic rings. The van der Waals surface area contributed by atoms with Crippen molar-refractivity contribution in [3.63, 3.8) is 0 Å². The van der Waals surface area contributed by atoms with Crippen LogP contribution in [-0.2, 0) is 6.42 Å². The molecule has 1 heteroatoms. The highest BCUT2D eigenvalue weighted by Crippen LogP contribution is 2.27. The molecule has 1 nitrogen and oxygen atoms in total. The molecular formula is C14H21O. The second-order valence-electron chi connectivity index (χ2n) is 4.32. The summed E-state index contributed by atoms with van der Waals surface area (Å²) in [5, 5.41) is 9.20. The molecule has 0 saturated heterocycles. The van der Waals surface area contributed by atoms with Gasteiger partial charge in [-0.25, -0.2) is 0 Å². The van der Waals surface area contributed by atoms with Crippen molar-refractivity contribution in [1.82, 2.24) is 0 Å². The second kappa shape index (κ2) is 5.32. The van der Waals surface area contributed by atoms with Crippen molar-refractivity contribution < 1.29 is 5.11 Å². The lowest BCUT2D eigenvalue weighted by Crippen LogP contribution is -2.07. The predicted molar refractivity (Wildman–Crippen MR) is 65.0 cm³/mol. The van der Waals surface area contributed by atoms with E-state index in [-0.39, 0.29) is 6.61 Å². The van der Waals surface area contributed by atoms with E-state index in [4.69, 9.17) is 0 Å². The van der Waals surface area contributed by atoms with Gasteiger partial charge in [0.25, 0.3) is 0 Å². The number of hydrogen-bond acceptors (Lipinski definition) is 1. The van der Waals surface area contributed by atoms with E-state index in [0.717, 1.165) is 12.3 Å². The molecule has 0 amide bonds. The molecule has 0 saturated carbocycles. The Labute approximate surface area is 93.1 Å². The summed E-state index contributed by atoms with van der Waals surface area (Å²) in [5.41, 5.74) is 4.02. The van der Waals surface area contributed by atoms with E-state index < -0.39 is 0 Å². The zero-order valence-corrected chi connectivity index (χ0v) is 10.2. The number of aliphatic hydroxyl groups excluding tert-OH is 1. The van der Waals surface area contributed by atoms with E-state index in [9.17, 15) is 5.11 Å². The van der Waals surface area contributed by atoms with Crippen LogP contribution in [0.5, 0.6) is 0 Å². The maximum Gasteiger partial charge on any atom is 0.0534 e. The average molecular weight is 205 g/mol. The largest absolute Gasteiger partial charge is 0.395 e. The van der Waals surface area contributed by atoms with Crippen LogP contribution in [-0.4, -0.2) is 11.7 Å². The lowest BCUT2D eigenvalue weighted by Gasteiger charge is -2.18. The summed E-state index contributed by atoms with van der Waals surface area (Å²) in [6.45, 7) is 8.75. The Kier molecular flexibility index (Phi) is 4.34. The van der Waals surface area contributed by atoms with Gasteiger partial charge in [-0.15, -0.1) is 0 Å². The highest BCUT2D eigenvalue weighted by atomic mass is 16.3. The van der Waals surface area contributed by atoms with Crippen molar-refractivity contribution in [1.29, 1.82) is 0 Å². The minimum absolute atomic E-state index is 0.147. The number of aliphatic hydroxyl groups is 1. The first-order chi connectivity index (χ1) is 7.11. The van der Waals surface area contributed by atoms with Gasteiger partial charge in [0.1, 0.15) is 0 Å². The van der Waals surface area contributed by atoms with Crippen molar-refractivity contribution in [3.8, 4) is 0 Å². The minimum Gasteiger partial charge on any atom is -0.395 e. The van der Waals surface area contributed by atoms with Gasteiger partial charge in [-0.05, 0) is 29.0 Å². The zero-order chi connectivity index (χ0) is 11.4. The average Bonchev–Trinajstić information content (AvgIpc) is 2.26. The van der Waals surface area contributed by atoms with Gasteiger partial charge in [0.15, 0.2) is 0 Å². The molecule has 0 atom stereocenters. The topological polar surface area (TPSA) is 20.2 Å². The predicted octanol–water partition coefficient (Wildman–Crippen LogP) is 3.31. The van der Waals surface area contributed by atoms with E-state index in [0.29, 0.717) is 5.92 Å². The standard InChI is InChI=1S/C14H21O/c1-5-12-13(10(2)3)7-6-8-14(12)11(4)9-15/h6-8,10,15H,5,9H2,1-4H3. The number of rotatable bonds is 4. The van der Waals surface area contributed by atoms with E-state index in [1.165, 1.54) is 16.7 Å². The molecule has 0 unspecified atom stereocenters. The highest BCUT2D eigenvalue weighted by Gasteiger charge is 2.13. The quantitative estimate of drug-likeness (QED) is 0.799. The monoisotopic (exact) mass is 205 g/mol. The minimum atomic E-state index is 0.147. The van der Waals surface area contributed by atoms with Gasteiger partial charge in [0, 0.05) is 5.92 Å². The summed E-state index contributed by atoms with van der Waals surface area (Å²) in [5.74, 6) is 1.61. The SMILES string of the molecule is CCc1c([C](C)CO)cccc1C(C)C. The van der Waals surface area contributed by atoms with Crippen molar-refractivity contribution in [2.75, 3.05) is 6.61 Å². The van der Waals surface area contributed by atoms with Crippen LogP contribution < -0.4 is 0 Å². The molecule has 0 heterocycles. The molecule has 0 bridgehead atoms. The van der Waals surface area contributed by atoms with Crippen LogP contribution in [0, 0.1) is 5.92 Å². The molecule has 83 valence electrons. The van der Waals surface area contributed by atoms with Crippen molar-refractivity contribution in [2.24, 2.45) is 0 Å². The fourth-order valence-corrected chi connectivity index (χ4v) is 2.03. The first-order valence-electron chi connectivity index (χ1n) is 5.67. The van der Waals surface area contributed by atoms with Crippen LogP contribution in [0.2, 0.25) is 0 Å². The van der Waals surface area contributed by atoms with Crippen LogP contribution in [0.25, 0.3) is 0 Å². The van der Waals surface area contributed by atoms with Crippen LogP contribution in [0.15, 0.2) is 18.2 Å². The molecule has 1 N–H and O–H groups in total. The first kappa shape index (κ1) is 12.3. The maximum absolute atomic E-state index is 9.20. The molecule has 0 aliphatic rings. The number of hydrogen-bond donors (Lipinski definition) is 1. The highest BCUT2D eigenvalue weighted by molar-refractivity contribution is 5.44. The van der Waals surface area contributed by atoms with Gasteiger partial charge >= 0.3 is 0 Å². The van der Waals surface area contributed by atoms with Gasteiger partial charge < -0.3 is 5.11 Å². The molecule has 15 heavy (non-hydrogen) atoms. The van der Waals surface area contributed by atoms with Crippen molar-refractivity contribution >= 4 is 0 Å². The van der Waals surface area contributed by atoms with E-state index in [1.807, 2.05) is 6.92 Å². The molecule has 0 aliphatic carbocycles. The fourth-order valence-electron chi connectivity index (χ4n) is 2.03. The van der Waals surface area contributed by atoms with Crippen LogP contribution in [0.1, 0.15) is 50.3 Å². The molecule has 1 rings (SSSR count). The van der Waals surface area contributed by atoms with Crippen molar-refractivity contribution in [3.05, 3.63) is 40.8 Å². The van der Waals surface area contributed by atoms with Gasteiger partial charge in [-0.2, -0.15) is 0 Å². The van der Waals surface area contributed by atoms with Crippen LogP contribution in [0.3, 0.4) is 0 Å². The molecule has 1 aromatic carbocycles. The lowest BCUT2D eigenvalue weighted by molar-refractivity contribution is 0.314. The zero-order valence-electron chi connectivity index (χ0n) is 10.2. The van der Waals surface area contributed by atoms with Gasteiger partial charge in [0.2, 0.25) is 0 Å². The Hall–Kier alpha value is -0.820. The van der Waals surface area contributed by atoms with E-state index in [2.05, 4.69) is 39.0 Å². The third-order valence-corrected chi connectivity index (χ3v) is 2.88. The van der Waals surface area contributed by atoms with Gasteiger partial charge in [-0.3, -0.25) is 0 Å². The summed E-state index contributed by atoms with van der Waals surface area (Å²) in [7, 11) is 0. The van der Waals surface area contributed by atoms with Gasteiger partial charge in [-0.1, -0.05) is 45.9 Å². The Morgan fingerprint density at radius 1 is 1.33 bits per heavy atom. The summed E-state index contributed by atoms with van der Waals surface area (Å²) >= 11 is 0. The molecule has 0 aromatic heterocycles. The first-order valence-corrected chi connectivity index (χ1v) is 5.67. The normalized spacial score (nSPS) is 11.4. The third kappa shape index (κ3) is 2.60. The Morgan fingerprint density at radius 2 is 2.00 bits per heavy atom. The Balaban J connectivity index is 3.22. The third-order valence-electron chi connectivity index (χ3n) is 2.88. The molecular weight excluding hydrogens is 184 g/mol. The Bertz CT molecular complexity index is 315. The number of benzene rings is 1. The van der Waals surface area contributed by atoms with Crippen LogP contribution >= 0.6 is 0 Å². The summed E-state index contributed by atoms with van der Waals surface area (Å²) < 4.78 is 0.